The number of amides is 1. The molecule has 0 aromatic heterocycles. The van der Waals surface area contributed by atoms with E-state index < -0.39 is 0 Å². The molecule has 1 spiro atoms. The van der Waals surface area contributed by atoms with Crippen molar-refractivity contribution < 1.29 is 4.79 Å². The maximum Gasteiger partial charge on any atom is 0.223 e. The molecule has 1 atom stereocenters. The zero-order valence-corrected chi connectivity index (χ0v) is 12.5. The summed E-state index contributed by atoms with van der Waals surface area (Å²) in [5.41, 5.74) is 6.66. The van der Waals surface area contributed by atoms with Crippen molar-refractivity contribution in [3.8, 4) is 0 Å². The lowest BCUT2D eigenvalue weighted by molar-refractivity contribution is -0.123. The fourth-order valence-electron chi connectivity index (χ4n) is 4.19. The van der Waals surface area contributed by atoms with E-state index in [0.717, 1.165) is 32.4 Å². The largest absolute Gasteiger partial charge is 0.354 e. The van der Waals surface area contributed by atoms with Crippen LogP contribution in [0.4, 0.5) is 0 Å². The average molecular weight is 279 g/mol. The third kappa shape index (κ3) is 3.01. The molecule has 3 aliphatic rings. The lowest BCUT2D eigenvalue weighted by atomic mass is 9.90. The quantitative estimate of drug-likeness (QED) is 0.687. The van der Waals surface area contributed by atoms with Crippen molar-refractivity contribution in [3.63, 3.8) is 0 Å². The molecule has 0 aromatic carbocycles. The Balaban J connectivity index is 1.47. The van der Waals surface area contributed by atoms with Crippen molar-refractivity contribution in [1.82, 2.24) is 10.6 Å². The lowest BCUT2D eigenvalue weighted by Gasteiger charge is -2.29. The van der Waals surface area contributed by atoms with E-state index in [1.165, 1.54) is 38.5 Å². The molecule has 20 heavy (non-hydrogen) atoms. The smallest absolute Gasteiger partial charge is 0.223 e. The highest BCUT2D eigenvalue weighted by atomic mass is 16.2. The zero-order valence-electron chi connectivity index (χ0n) is 12.5. The van der Waals surface area contributed by atoms with Gasteiger partial charge in [-0.25, -0.2) is 0 Å². The number of carbonyl (C=O) groups is 1. The Morgan fingerprint density at radius 3 is 2.40 bits per heavy atom. The van der Waals surface area contributed by atoms with Crippen LogP contribution in [-0.2, 0) is 4.79 Å². The number of rotatable bonds is 3. The van der Waals surface area contributed by atoms with Crippen molar-refractivity contribution in [2.75, 3.05) is 19.6 Å². The second kappa shape index (κ2) is 5.64. The van der Waals surface area contributed by atoms with Crippen LogP contribution < -0.4 is 16.4 Å². The molecule has 3 rings (SSSR count). The Labute approximate surface area is 122 Å². The number of piperidine rings is 1. The van der Waals surface area contributed by atoms with Crippen LogP contribution in [-0.4, -0.2) is 31.1 Å². The van der Waals surface area contributed by atoms with Gasteiger partial charge in [0.15, 0.2) is 0 Å². The molecule has 1 amide bonds. The Morgan fingerprint density at radius 1 is 1.10 bits per heavy atom. The minimum atomic E-state index is -0.150. The molecule has 3 fully saturated rings. The van der Waals surface area contributed by atoms with Crippen molar-refractivity contribution in [3.05, 3.63) is 0 Å². The fourth-order valence-corrected chi connectivity index (χ4v) is 4.19. The third-order valence-corrected chi connectivity index (χ3v) is 5.82. The molecular formula is C16H29N3O. The first-order chi connectivity index (χ1) is 9.64. The summed E-state index contributed by atoms with van der Waals surface area (Å²) in [6.07, 6.45) is 10.6. The van der Waals surface area contributed by atoms with Gasteiger partial charge in [-0.15, -0.1) is 0 Å². The lowest BCUT2D eigenvalue weighted by Crippen LogP contribution is -2.50. The molecular weight excluding hydrogens is 250 g/mol. The van der Waals surface area contributed by atoms with Crippen LogP contribution in [0.15, 0.2) is 0 Å². The SMILES string of the molecule is NC1(CNC(=O)C2CC23CCNCC3)CCCCCC1. The van der Waals surface area contributed by atoms with Gasteiger partial charge in [0.25, 0.3) is 0 Å². The molecule has 2 aliphatic carbocycles. The summed E-state index contributed by atoms with van der Waals surface area (Å²) in [5.74, 6) is 0.528. The predicted molar refractivity (Wildman–Crippen MR) is 80.3 cm³/mol. The molecule has 0 radical (unpaired) electrons. The molecule has 1 unspecified atom stereocenters. The van der Waals surface area contributed by atoms with Gasteiger partial charge < -0.3 is 16.4 Å². The van der Waals surface area contributed by atoms with Crippen LogP contribution in [0, 0.1) is 11.3 Å². The standard InChI is InChI=1S/C16H29N3O/c17-16(5-3-1-2-4-6-16)12-19-14(20)13-11-15(13)7-9-18-10-8-15/h13,18H,1-12,17H2,(H,19,20). The monoisotopic (exact) mass is 279 g/mol. The van der Waals surface area contributed by atoms with Crippen LogP contribution in [0.2, 0.25) is 0 Å². The summed E-state index contributed by atoms with van der Waals surface area (Å²) in [7, 11) is 0. The van der Waals surface area contributed by atoms with Crippen molar-refractivity contribution in [1.29, 1.82) is 0 Å². The van der Waals surface area contributed by atoms with Crippen LogP contribution >= 0.6 is 0 Å². The predicted octanol–water partition coefficient (Wildman–Crippen LogP) is 1.54. The average Bonchev–Trinajstić information content (AvgIpc) is 3.18. The van der Waals surface area contributed by atoms with Gasteiger partial charge in [-0.2, -0.15) is 0 Å². The summed E-state index contributed by atoms with van der Waals surface area (Å²) >= 11 is 0. The number of hydrogen-bond donors (Lipinski definition) is 3. The summed E-state index contributed by atoms with van der Waals surface area (Å²) in [6.45, 7) is 2.83. The molecule has 2 saturated carbocycles. The van der Waals surface area contributed by atoms with E-state index in [9.17, 15) is 4.79 Å². The van der Waals surface area contributed by atoms with E-state index in [1.807, 2.05) is 0 Å². The van der Waals surface area contributed by atoms with E-state index >= 15 is 0 Å². The van der Waals surface area contributed by atoms with Crippen LogP contribution in [0.1, 0.15) is 57.8 Å². The maximum atomic E-state index is 12.4. The second-order valence-electron chi connectivity index (χ2n) is 7.36. The molecule has 1 saturated heterocycles. The highest BCUT2D eigenvalue weighted by Crippen LogP contribution is 2.58. The van der Waals surface area contributed by atoms with Crippen LogP contribution in [0.3, 0.4) is 0 Å². The second-order valence-corrected chi connectivity index (χ2v) is 7.36. The Morgan fingerprint density at radius 2 is 1.75 bits per heavy atom. The van der Waals surface area contributed by atoms with Crippen molar-refractivity contribution in [2.24, 2.45) is 17.1 Å². The van der Waals surface area contributed by atoms with Gasteiger partial charge in [0.05, 0.1) is 0 Å². The number of hydrogen-bond acceptors (Lipinski definition) is 3. The zero-order chi connectivity index (χ0) is 14.1. The van der Waals surface area contributed by atoms with Gasteiger partial charge in [-0.05, 0) is 50.6 Å². The number of nitrogens with one attached hydrogen (secondary N) is 2. The van der Waals surface area contributed by atoms with Gasteiger partial charge in [0.1, 0.15) is 0 Å². The first-order valence-corrected chi connectivity index (χ1v) is 8.41. The summed E-state index contributed by atoms with van der Waals surface area (Å²) in [4.78, 5) is 12.4. The first-order valence-electron chi connectivity index (χ1n) is 8.41. The Kier molecular flexibility index (Phi) is 4.04. The number of nitrogens with two attached hydrogens (primary N) is 1. The normalized spacial score (nSPS) is 31.6. The Bertz CT molecular complexity index is 355. The van der Waals surface area contributed by atoms with Crippen molar-refractivity contribution >= 4 is 5.91 Å². The summed E-state index contributed by atoms with van der Waals surface area (Å²) in [5, 5.41) is 6.55. The maximum absolute atomic E-state index is 12.4. The third-order valence-electron chi connectivity index (χ3n) is 5.82. The minimum Gasteiger partial charge on any atom is -0.354 e. The van der Waals surface area contributed by atoms with E-state index in [2.05, 4.69) is 10.6 Å². The molecule has 114 valence electrons. The van der Waals surface area contributed by atoms with Gasteiger partial charge in [0, 0.05) is 18.0 Å². The van der Waals surface area contributed by atoms with E-state index in [4.69, 9.17) is 5.73 Å². The molecule has 1 aliphatic heterocycles. The molecule has 0 bridgehead atoms. The first kappa shape index (κ1) is 14.3. The number of carbonyl (C=O) groups excluding carboxylic acids is 1. The van der Waals surface area contributed by atoms with Crippen LogP contribution in [0.5, 0.6) is 0 Å². The van der Waals surface area contributed by atoms with E-state index in [0.29, 0.717) is 12.0 Å². The summed E-state index contributed by atoms with van der Waals surface area (Å²) in [6, 6.07) is 0. The van der Waals surface area contributed by atoms with Gasteiger partial charge in [0.2, 0.25) is 5.91 Å². The van der Waals surface area contributed by atoms with E-state index in [-0.39, 0.29) is 17.4 Å². The fraction of sp³-hybridized carbons (Fsp3) is 0.938. The Hall–Kier alpha value is -0.610. The molecule has 4 heteroatoms. The van der Waals surface area contributed by atoms with E-state index in [1.54, 1.807) is 0 Å². The molecule has 1 heterocycles. The highest BCUT2D eigenvalue weighted by Gasteiger charge is 2.57. The van der Waals surface area contributed by atoms with Crippen LogP contribution in [0.25, 0.3) is 0 Å². The topological polar surface area (TPSA) is 67.1 Å². The van der Waals surface area contributed by atoms with Gasteiger partial charge in [-0.3, -0.25) is 4.79 Å². The molecule has 4 N–H and O–H groups in total. The van der Waals surface area contributed by atoms with Crippen molar-refractivity contribution in [2.45, 2.75) is 63.3 Å². The summed E-state index contributed by atoms with van der Waals surface area (Å²) < 4.78 is 0. The molecule has 4 nitrogen and oxygen atoms in total. The highest BCUT2D eigenvalue weighted by molar-refractivity contribution is 5.82. The molecule has 0 aromatic rings. The van der Waals surface area contributed by atoms with Gasteiger partial charge in [-0.1, -0.05) is 25.7 Å². The minimum absolute atomic E-state index is 0.150. The van der Waals surface area contributed by atoms with Gasteiger partial charge >= 0.3 is 0 Å².